The molecule has 0 unspecified atom stereocenters. The Morgan fingerprint density at radius 3 is 2.26 bits per heavy atom. The van der Waals surface area contributed by atoms with Crippen LogP contribution < -0.4 is 0 Å². The number of halogens is 5. The van der Waals surface area contributed by atoms with Crippen molar-refractivity contribution in [3.8, 4) is 0 Å². The zero-order valence-corrected chi connectivity index (χ0v) is 15.7. The second kappa shape index (κ2) is 8.04. The first-order chi connectivity index (χ1) is 12.7. The summed E-state index contributed by atoms with van der Waals surface area (Å²) in [5, 5.41) is 0.557. The predicted octanol–water partition coefficient (Wildman–Crippen LogP) is 4.37. The molecular formula is C18H16Cl2F3N3O. The Balaban J connectivity index is 1.58. The van der Waals surface area contributed by atoms with Crippen LogP contribution in [-0.2, 0) is 12.7 Å². The highest BCUT2D eigenvalue weighted by Gasteiger charge is 2.32. The highest BCUT2D eigenvalue weighted by atomic mass is 35.5. The molecule has 2 aromatic rings. The molecule has 4 nitrogen and oxygen atoms in total. The van der Waals surface area contributed by atoms with E-state index in [0.29, 0.717) is 49.0 Å². The molecule has 9 heteroatoms. The van der Waals surface area contributed by atoms with Gasteiger partial charge in [-0.05, 0) is 30.3 Å². The normalized spacial score (nSPS) is 15.8. The Bertz CT molecular complexity index is 820. The van der Waals surface area contributed by atoms with Crippen LogP contribution in [0.1, 0.15) is 21.6 Å². The van der Waals surface area contributed by atoms with Crippen molar-refractivity contribution in [1.82, 2.24) is 14.8 Å². The molecular weight excluding hydrogens is 402 g/mol. The molecule has 0 bridgehead atoms. The van der Waals surface area contributed by atoms with Crippen LogP contribution in [0.4, 0.5) is 13.2 Å². The maximum atomic E-state index is 12.7. The molecule has 1 amide bonds. The highest BCUT2D eigenvalue weighted by molar-refractivity contribution is 6.31. The minimum atomic E-state index is -4.47. The van der Waals surface area contributed by atoms with Crippen molar-refractivity contribution in [2.45, 2.75) is 12.7 Å². The summed E-state index contributed by atoms with van der Waals surface area (Å²) in [5.41, 5.74) is 0.0945. The lowest BCUT2D eigenvalue weighted by atomic mass is 10.1. The van der Waals surface area contributed by atoms with Crippen molar-refractivity contribution in [1.29, 1.82) is 0 Å². The number of rotatable bonds is 3. The van der Waals surface area contributed by atoms with Crippen LogP contribution in [0.5, 0.6) is 0 Å². The Labute approximate surface area is 164 Å². The first-order valence-electron chi connectivity index (χ1n) is 8.23. The standard InChI is InChI=1S/C18H16Cl2F3N3O/c19-14-3-1-12(2-4-14)17(27)26-7-5-25(6-8-26)11-16-15(20)9-13(10-24-16)18(21,22)23/h1-4,9-10H,5-8,11H2. The zero-order chi connectivity index (χ0) is 19.6. The minimum Gasteiger partial charge on any atom is -0.336 e. The second-order valence-corrected chi connectivity index (χ2v) is 7.07. The van der Waals surface area contributed by atoms with Gasteiger partial charge in [0.15, 0.2) is 0 Å². The molecule has 1 aliphatic rings. The number of piperazine rings is 1. The van der Waals surface area contributed by atoms with Gasteiger partial charge in [0.25, 0.3) is 5.91 Å². The number of carbonyl (C=O) groups excluding carboxylic acids is 1. The summed E-state index contributed by atoms with van der Waals surface area (Å²) in [4.78, 5) is 20.1. The van der Waals surface area contributed by atoms with Crippen LogP contribution in [-0.4, -0.2) is 46.9 Å². The Morgan fingerprint density at radius 2 is 1.70 bits per heavy atom. The van der Waals surface area contributed by atoms with E-state index in [1.165, 1.54) is 0 Å². The van der Waals surface area contributed by atoms with E-state index in [1.807, 2.05) is 4.90 Å². The molecule has 1 aliphatic heterocycles. The number of alkyl halides is 3. The van der Waals surface area contributed by atoms with Crippen LogP contribution in [0.3, 0.4) is 0 Å². The van der Waals surface area contributed by atoms with Crippen LogP contribution in [0, 0.1) is 0 Å². The lowest BCUT2D eigenvalue weighted by Crippen LogP contribution is -2.48. The molecule has 1 aromatic heterocycles. The molecule has 2 heterocycles. The molecule has 1 aromatic carbocycles. The summed E-state index contributed by atoms with van der Waals surface area (Å²) in [6.45, 7) is 2.52. The van der Waals surface area contributed by atoms with Crippen molar-refractivity contribution in [3.05, 3.63) is 63.4 Å². The van der Waals surface area contributed by atoms with Crippen LogP contribution in [0.25, 0.3) is 0 Å². The van der Waals surface area contributed by atoms with Gasteiger partial charge in [-0.2, -0.15) is 13.2 Å². The third-order valence-corrected chi connectivity index (χ3v) is 4.95. The maximum absolute atomic E-state index is 12.7. The van der Waals surface area contributed by atoms with Gasteiger partial charge >= 0.3 is 6.18 Å². The molecule has 0 aliphatic carbocycles. The lowest BCUT2D eigenvalue weighted by Gasteiger charge is -2.34. The molecule has 0 N–H and O–H groups in total. The number of benzene rings is 1. The van der Waals surface area contributed by atoms with E-state index < -0.39 is 11.7 Å². The van der Waals surface area contributed by atoms with E-state index in [2.05, 4.69) is 4.98 Å². The van der Waals surface area contributed by atoms with E-state index in [-0.39, 0.29) is 10.9 Å². The Morgan fingerprint density at radius 1 is 1.07 bits per heavy atom. The average molecular weight is 418 g/mol. The predicted molar refractivity (Wildman–Crippen MR) is 96.9 cm³/mol. The van der Waals surface area contributed by atoms with Crippen LogP contribution in [0.2, 0.25) is 10.0 Å². The molecule has 144 valence electrons. The van der Waals surface area contributed by atoms with Crippen molar-refractivity contribution < 1.29 is 18.0 Å². The maximum Gasteiger partial charge on any atom is 0.417 e. The lowest BCUT2D eigenvalue weighted by molar-refractivity contribution is -0.137. The number of hydrogen-bond donors (Lipinski definition) is 0. The summed E-state index contributed by atoms with van der Waals surface area (Å²) < 4.78 is 38.1. The number of amides is 1. The van der Waals surface area contributed by atoms with Crippen molar-refractivity contribution in [2.75, 3.05) is 26.2 Å². The molecule has 1 saturated heterocycles. The van der Waals surface area contributed by atoms with Gasteiger partial charge in [0.2, 0.25) is 0 Å². The van der Waals surface area contributed by atoms with E-state index in [4.69, 9.17) is 23.2 Å². The largest absolute Gasteiger partial charge is 0.417 e. The number of hydrogen-bond acceptors (Lipinski definition) is 3. The van der Waals surface area contributed by atoms with E-state index in [9.17, 15) is 18.0 Å². The van der Waals surface area contributed by atoms with E-state index in [0.717, 1.165) is 12.3 Å². The molecule has 0 radical (unpaired) electrons. The van der Waals surface area contributed by atoms with Crippen molar-refractivity contribution in [2.24, 2.45) is 0 Å². The fourth-order valence-corrected chi connectivity index (χ4v) is 3.19. The molecule has 27 heavy (non-hydrogen) atoms. The average Bonchev–Trinajstić information content (AvgIpc) is 2.63. The first-order valence-corrected chi connectivity index (χ1v) is 8.98. The van der Waals surface area contributed by atoms with Gasteiger partial charge in [-0.1, -0.05) is 23.2 Å². The van der Waals surface area contributed by atoms with Gasteiger partial charge in [-0.15, -0.1) is 0 Å². The fraction of sp³-hybridized carbons (Fsp3) is 0.333. The van der Waals surface area contributed by atoms with Gasteiger partial charge in [0.1, 0.15) is 0 Å². The summed E-state index contributed by atoms with van der Waals surface area (Å²) in [5.74, 6) is -0.0722. The number of nitrogens with zero attached hydrogens (tertiary/aromatic N) is 3. The summed E-state index contributed by atoms with van der Waals surface area (Å²) in [7, 11) is 0. The first kappa shape index (κ1) is 19.9. The number of pyridine rings is 1. The third-order valence-electron chi connectivity index (χ3n) is 4.37. The molecule has 3 rings (SSSR count). The minimum absolute atomic E-state index is 0.00973. The van der Waals surface area contributed by atoms with Gasteiger partial charge in [0.05, 0.1) is 16.3 Å². The summed E-state index contributed by atoms with van der Waals surface area (Å²) >= 11 is 11.8. The molecule has 1 fully saturated rings. The Hall–Kier alpha value is -1.83. The Kier molecular flexibility index (Phi) is 5.93. The zero-order valence-electron chi connectivity index (χ0n) is 14.1. The second-order valence-electron chi connectivity index (χ2n) is 6.23. The molecule has 0 spiro atoms. The fourth-order valence-electron chi connectivity index (χ4n) is 2.83. The van der Waals surface area contributed by atoms with Gasteiger partial charge in [-0.25, -0.2) is 0 Å². The number of aromatic nitrogens is 1. The molecule has 0 atom stereocenters. The quantitative estimate of drug-likeness (QED) is 0.743. The van der Waals surface area contributed by atoms with Gasteiger partial charge in [0, 0.05) is 49.5 Å². The van der Waals surface area contributed by atoms with Crippen LogP contribution in [0.15, 0.2) is 36.5 Å². The van der Waals surface area contributed by atoms with Gasteiger partial charge < -0.3 is 4.90 Å². The molecule has 0 saturated carbocycles. The van der Waals surface area contributed by atoms with Gasteiger partial charge in [-0.3, -0.25) is 14.7 Å². The summed E-state index contributed by atoms with van der Waals surface area (Å²) in [6, 6.07) is 7.60. The van der Waals surface area contributed by atoms with E-state index in [1.54, 1.807) is 29.2 Å². The topological polar surface area (TPSA) is 36.4 Å². The van der Waals surface area contributed by atoms with Crippen molar-refractivity contribution >= 4 is 29.1 Å². The smallest absolute Gasteiger partial charge is 0.336 e. The third kappa shape index (κ3) is 4.91. The summed E-state index contributed by atoms with van der Waals surface area (Å²) in [6.07, 6.45) is -3.68. The van der Waals surface area contributed by atoms with E-state index >= 15 is 0 Å². The van der Waals surface area contributed by atoms with Crippen molar-refractivity contribution in [3.63, 3.8) is 0 Å². The number of carbonyl (C=O) groups is 1. The van der Waals surface area contributed by atoms with Crippen LogP contribution >= 0.6 is 23.2 Å². The highest BCUT2D eigenvalue weighted by Crippen LogP contribution is 2.31. The monoisotopic (exact) mass is 417 g/mol. The SMILES string of the molecule is O=C(c1ccc(Cl)cc1)N1CCN(Cc2ncc(C(F)(F)F)cc2Cl)CC1.